The van der Waals surface area contributed by atoms with Crippen LogP contribution in [0.4, 0.5) is 14.5 Å². The first-order chi connectivity index (χ1) is 7.96. The van der Waals surface area contributed by atoms with Gasteiger partial charge in [0.2, 0.25) is 0 Å². The van der Waals surface area contributed by atoms with Gasteiger partial charge in [0.25, 0.3) is 0 Å². The van der Waals surface area contributed by atoms with Crippen LogP contribution in [0.5, 0.6) is 0 Å². The Labute approximate surface area is 104 Å². The number of nitrogens with zero attached hydrogens (tertiary/aromatic N) is 1. The Bertz CT molecular complexity index is 458. The Hall–Kier alpha value is -1.10. The van der Waals surface area contributed by atoms with Gasteiger partial charge in [0.05, 0.1) is 11.2 Å². The number of halogens is 2. The van der Waals surface area contributed by atoms with Crippen molar-refractivity contribution >= 4 is 22.6 Å². The van der Waals surface area contributed by atoms with Crippen LogP contribution in [0.25, 0.3) is 0 Å². The highest BCUT2D eigenvalue weighted by Gasteiger charge is 2.22. The van der Waals surface area contributed by atoms with Crippen molar-refractivity contribution in [2.24, 2.45) is 4.99 Å². The molecule has 0 unspecified atom stereocenters. The molecule has 2 nitrogen and oxygen atoms in total. The topological polar surface area (TPSA) is 24.4 Å². The molecule has 1 aromatic rings. The molecular formula is C12H14F2N2S. The molecule has 0 radical (unpaired) electrons. The highest BCUT2D eigenvalue weighted by molar-refractivity contribution is 8.14. The van der Waals surface area contributed by atoms with Crippen molar-refractivity contribution < 1.29 is 8.78 Å². The van der Waals surface area contributed by atoms with Crippen molar-refractivity contribution in [2.45, 2.75) is 25.8 Å². The Morgan fingerprint density at radius 2 is 2.12 bits per heavy atom. The molecule has 0 saturated carbocycles. The molecule has 0 atom stereocenters. The first-order valence-electron chi connectivity index (χ1n) is 5.41. The summed E-state index contributed by atoms with van der Waals surface area (Å²) >= 11 is 1.52. The maximum atomic E-state index is 13.4. The average Bonchev–Trinajstić information content (AvgIpc) is 2.22. The largest absolute Gasteiger partial charge is 0.332 e. The fourth-order valence-corrected chi connectivity index (χ4v) is 2.82. The minimum atomic E-state index is -0.474. The number of hydrogen-bond donors (Lipinski definition) is 1. The number of nitrogens with one attached hydrogen (secondary N) is 1. The van der Waals surface area contributed by atoms with Crippen molar-refractivity contribution in [3.05, 3.63) is 29.8 Å². The smallest absolute Gasteiger partial charge is 0.161 e. The molecule has 1 heterocycles. The summed E-state index contributed by atoms with van der Waals surface area (Å²) in [5, 5.41) is 3.49. The zero-order chi connectivity index (χ0) is 12.5. The molecule has 17 heavy (non-hydrogen) atoms. The predicted octanol–water partition coefficient (Wildman–Crippen LogP) is 3.65. The summed E-state index contributed by atoms with van der Waals surface area (Å²) in [6.07, 6.45) is 0.981. The zero-order valence-corrected chi connectivity index (χ0v) is 10.6. The second-order valence-electron chi connectivity index (χ2n) is 4.58. The van der Waals surface area contributed by atoms with E-state index < -0.39 is 11.6 Å². The standard InChI is InChI=1S/C12H14F2N2S/c1-12(2)5-6-17-11(16-12)15-10-7-8(13)3-4-9(10)14/h3-4,7H,5-6H2,1-2H3,(H,15,16). The van der Waals surface area contributed by atoms with Gasteiger partial charge in [0, 0.05) is 11.8 Å². The highest BCUT2D eigenvalue weighted by Crippen LogP contribution is 2.27. The second kappa shape index (κ2) is 4.64. The van der Waals surface area contributed by atoms with E-state index in [-0.39, 0.29) is 11.2 Å². The highest BCUT2D eigenvalue weighted by atomic mass is 32.2. The lowest BCUT2D eigenvalue weighted by atomic mass is 10.0. The molecule has 5 heteroatoms. The van der Waals surface area contributed by atoms with Gasteiger partial charge in [-0.2, -0.15) is 0 Å². The predicted molar refractivity (Wildman–Crippen MR) is 68.6 cm³/mol. The van der Waals surface area contributed by atoms with Crippen molar-refractivity contribution in [1.82, 2.24) is 0 Å². The van der Waals surface area contributed by atoms with E-state index in [2.05, 4.69) is 10.3 Å². The summed E-state index contributed by atoms with van der Waals surface area (Å²) < 4.78 is 26.4. The van der Waals surface area contributed by atoms with E-state index in [0.29, 0.717) is 5.17 Å². The van der Waals surface area contributed by atoms with Crippen LogP contribution in [0.2, 0.25) is 0 Å². The van der Waals surface area contributed by atoms with Crippen LogP contribution in [0.3, 0.4) is 0 Å². The van der Waals surface area contributed by atoms with Crippen LogP contribution in [-0.2, 0) is 0 Å². The molecule has 0 bridgehead atoms. The maximum Gasteiger partial charge on any atom is 0.161 e. The lowest BCUT2D eigenvalue weighted by Crippen LogP contribution is -2.27. The van der Waals surface area contributed by atoms with E-state index >= 15 is 0 Å². The summed E-state index contributed by atoms with van der Waals surface area (Å²) in [6.45, 7) is 4.05. The van der Waals surface area contributed by atoms with Crippen LogP contribution in [-0.4, -0.2) is 16.5 Å². The third-order valence-electron chi connectivity index (χ3n) is 2.53. The lowest BCUT2D eigenvalue weighted by molar-refractivity contribution is 0.507. The van der Waals surface area contributed by atoms with Crippen LogP contribution in [0.15, 0.2) is 23.2 Å². The molecular weight excluding hydrogens is 242 g/mol. The summed E-state index contributed by atoms with van der Waals surface area (Å²) in [4.78, 5) is 4.46. The number of amidine groups is 1. The number of aliphatic imine (C=N–C) groups is 1. The molecule has 0 aromatic heterocycles. The molecule has 2 rings (SSSR count). The van der Waals surface area contributed by atoms with Gasteiger partial charge in [0.15, 0.2) is 5.17 Å². The first-order valence-corrected chi connectivity index (χ1v) is 6.40. The SMILES string of the molecule is CC1(C)CCSC(Nc2cc(F)ccc2F)=N1. The van der Waals surface area contributed by atoms with Gasteiger partial charge in [-0.15, -0.1) is 0 Å². The summed E-state index contributed by atoms with van der Waals surface area (Å²) in [5.74, 6) is -0.0110. The lowest BCUT2D eigenvalue weighted by Gasteiger charge is -2.26. The van der Waals surface area contributed by atoms with Crippen LogP contribution >= 0.6 is 11.8 Å². The molecule has 92 valence electrons. The molecule has 0 fully saturated rings. The molecule has 0 spiro atoms. The Morgan fingerprint density at radius 3 is 2.82 bits per heavy atom. The van der Waals surface area contributed by atoms with E-state index in [9.17, 15) is 8.78 Å². The Kier molecular flexibility index (Phi) is 3.38. The van der Waals surface area contributed by atoms with Gasteiger partial charge in [-0.05, 0) is 32.4 Å². The van der Waals surface area contributed by atoms with Crippen molar-refractivity contribution in [2.75, 3.05) is 11.1 Å². The van der Waals surface area contributed by atoms with Crippen LogP contribution in [0, 0.1) is 11.6 Å². The number of thioether (sulfide) groups is 1. The second-order valence-corrected chi connectivity index (χ2v) is 5.66. The molecule has 1 aromatic carbocycles. The van der Waals surface area contributed by atoms with Gasteiger partial charge in [-0.25, -0.2) is 8.78 Å². The van der Waals surface area contributed by atoms with Gasteiger partial charge in [0.1, 0.15) is 11.6 Å². The van der Waals surface area contributed by atoms with Gasteiger partial charge in [-0.1, -0.05) is 11.8 Å². The minimum absolute atomic E-state index is 0.133. The zero-order valence-electron chi connectivity index (χ0n) is 9.76. The molecule has 1 aliphatic rings. The van der Waals surface area contributed by atoms with E-state index in [1.807, 2.05) is 13.8 Å². The van der Waals surface area contributed by atoms with Crippen LogP contribution in [0.1, 0.15) is 20.3 Å². The quantitative estimate of drug-likeness (QED) is 0.829. The Balaban J connectivity index is 2.21. The normalized spacial score (nSPS) is 18.7. The van der Waals surface area contributed by atoms with Crippen LogP contribution < -0.4 is 5.32 Å². The average molecular weight is 256 g/mol. The third kappa shape index (κ3) is 3.19. The number of hydrogen-bond acceptors (Lipinski definition) is 3. The molecule has 1 aliphatic heterocycles. The maximum absolute atomic E-state index is 13.4. The summed E-state index contributed by atoms with van der Waals surface area (Å²) in [5.41, 5.74) is -0.00820. The first kappa shape index (κ1) is 12.4. The molecule has 1 N–H and O–H groups in total. The van der Waals surface area contributed by atoms with Crippen molar-refractivity contribution in [3.63, 3.8) is 0 Å². The number of anilines is 1. The van der Waals surface area contributed by atoms with Gasteiger partial charge < -0.3 is 5.32 Å². The van der Waals surface area contributed by atoms with E-state index in [4.69, 9.17) is 0 Å². The number of benzene rings is 1. The number of rotatable bonds is 1. The molecule has 0 amide bonds. The summed E-state index contributed by atoms with van der Waals surface area (Å²) in [7, 11) is 0. The van der Waals surface area contributed by atoms with E-state index in [1.54, 1.807) is 0 Å². The molecule has 0 saturated heterocycles. The third-order valence-corrected chi connectivity index (χ3v) is 3.40. The minimum Gasteiger partial charge on any atom is -0.332 e. The van der Waals surface area contributed by atoms with Gasteiger partial charge in [-0.3, -0.25) is 4.99 Å². The monoisotopic (exact) mass is 256 g/mol. The van der Waals surface area contributed by atoms with E-state index in [1.165, 1.54) is 11.8 Å². The van der Waals surface area contributed by atoms with Crippen molar-refractivity contribution in [1.29, 1.82) is 0 Å². The van der Waals surface area contributed by atoms with Gasteiger partial charge >= 0.3 is 0 Å². The fraction of sp³-hybridized carbons (Fsp3) is 0.417. The fourth-order valence-electron chi connectivity index (χ4n) is 1.53. The van der Waals surface area contributed by atoms with Crippen molar-refractivity contribution in [3.8, 4) is 0 Å². The Morgan fingerprint density at radius 1 is 1.35 bits per heavy atom. The summed E-state index contributed by atoms with van der Waals surface area (Å²) in [6, 6.07) is 3.34. The molecule has 0 aliphatic carbocycles. The van der Waals surface area contributed by atoms with E-state index in [0.717, 1.165) is 30.4 Å².